The lowest BCUT2D eigenvalue weighted by molar-refractivity contribution is -0.386. The summed E-state index contributed by atoms with van der Waals surface area (Å²) in [5.41, 5.74) is 0.488. The number of methoxy groups -OCH3 is 1. The fraction of sp³-hybridized carbons (Fsp3) is 0.0588. The number of hydrogen-bond acceptors (Lipinski definition) is 7. The fourth-order valence-corrected chi connectivity index (χ4v) is 3.71. The molecule has 0 aliphatic carbocycles. The molecule has 1 N–H and O–H groups in total. The maximum Gasteiger partial charge on any atom is 0.315 e. The van der Waals surface area contributed by atoms with Gasteiger partial charge in [-0.3, -0.25) is 19.8 Å². The van der Waals surface area contributed by atoms with E-state index < -0.39 is 16.4 Å². The number of carbonyl (C=O) groups excluding carboxylic acids is 1. The molecule has 1 amide bonds. The Morgan fingerprint density at radius 2 is 2.00 bits per heavy atom. The van der Waals surface area contributed by atoms with E-state index in [-0.39, 0.29) is 11.7 Å². The summed E-state index contributed by atoms with van der Waals surface area (Å²) in [6.45, 7) is 0. The summed E-state index contributed by atoms with van der Waals surface area (Å²) < 4.78 is 5.34. The van der Waals surface area contributed by atoms with Crippen LogP contribution in [0.3, 0.4) is 0 Å². The molecule has 26 heavy (non-hydrogen) atoms. The standard InChI is InChI=1S/C17H12N2O5S2/c1-24-13-8-10(7-12(15(13)20)19(22)23)9-14-16(21)18(17(25)26-14)11-5-3-2-4-6-11/h2-9,20H,1H3/b14-9+. The normalized spacial score (nSPS) is 15.6. The quantitative estimate of drug-likeness (QED) is 0.369. The molecule has 7 nitrogen and oxygen atoms in total. The van der Waals surface area contributed by atoms with Crippen molar-refractivity contribution in [3.63, 3.8) is 0 Å². The molecule has 0 aromatic heterocycles. The van der Waals surface area contributed by atoms with Gasteiger partial charge in [0.05, 0.1) is 22.6 Å². The lowest BCUT2D eigenvalue weighted by Gasteiger charge is -2.13. The van der Waals surface area contributed by atoms with Gasteiger partial charge in [0.2, 0.25) is 5.75 Å². The van der Waals surface area contributed by atoms with Gasteiger partial charge in [-0.05, 0) is 29.8 Å². The number of nitro groups is 1. The average Bonchev–Trinajstić information content (AvgIpc) is 2.90. The van der Waals surface area contributed by atoms with E-state index in [0.29, 0.717) is 20.5 Å². The van der Waals surface area contributed by atoms with Crippen LogP contribution in [0.15, 0.2) is 47.4 Å². The van der Waals surface area contributed by atoms with Gasteiger partial charge < -0.3 is 9.84 Å². The second-order valence-electron chi connectivity index (χ2n) is 5.20. The first-order valence-electron chi connectivity index (χ1n) is 7.30. The predicted octanol–water partition coefficient (Wildman–Crippen LogP) is 3.71. The number of hydrogen-bond donors (Lipinski definition) is 1. The van der Waals surface area contributed by atoms with Crippen molar-refractivity contribution in [3.05, 3.63) is 63.0 Å². The number of nitro benzene ring substituents is 1. The first-order chi connectivity index (χ1) is 12.4. The number of para-hydroxylation sites is 1. The number of phenolic OH excluding ortho intramolecular Hbond substituents is 1. The molecule has 0 bridgehead atoms. The third-order valence-corrected chi connectivity index (χ3v) is 4.90. The maximum atomic E-state index is 12.7. The molecule has 1 heterocycles. The number of amides is 1. The summed E-state index contributed by atoms with van der Waals surface area (Å²) in [6.07, 6.45) is 1.48. The molecule has 1 saturated heterocycles. The molecule has 132 valence electrons. The van der Waals surface area contributed by atoms with E-state index in [9.17, 15) is 20.0 Å². The zero-order chi connectivity index (χ0) is 18.8. The number of rotatable bonds is 4. The van der Waals surface area contributed by atoms with Crippen molar-refractivity contribution in [1.82, 2.24) is 0 Å². The van der Waals surface area contributed by atoms with Gasteiger partial charge >= 0.3 is 5.69 Å². The minimum atomic E-state index is -0.718. The Morgan fingerprint density at radius 3 is 2.62 bits per heavy atom. The van der Waals surface area contributed by atoms with Gasteiger partial charge in [0.15, 0.2) is 10.1 Å². The number of ether oxygens (including phenoxy) is 1. The third kappa shape index (κ3) is 3.26. The summed E-state index contributed by atoms with van der Waals surface area (Å²) in [7, 11) is 1.29. The molecular formula is C17H12N2O5S2. The van der Waals surface area contributed by atoms with Crippen molar-refractivity contribution >= 4 is 51.7 Å². The van der Waals surface area contributed by atoms with Crippen LogP contribution in [0.1, 0.15) is 5.56 Å². The van der Waals surface area contributed by atoms with Gasteiger partial charge in [-0.25, -0.2) is 0 Å². The van der Waals surface area contributed by atoms with Crippen molar-refractivity contribution in [2.24, 2.45) is 0 Å². The van der Waals surface area contributed by atoms with Crippen molar-refractivity contribution in [1.29, 1.82) is 0 Å². The molecule has 2 aromatic rings. The molecule has 1 fully saturated rings. The molecule has 3 rings (SSSR count). The Labute approximate surface area is 158 Å². The molecule has 0 unspecified atom stereocenters. The van der Waals surface area contributed by atoms with Crippen LogP contribution in [0.25, 0.3) is 6.08 Å². The highest BCUT2D eigenvalue weighted by atomic mass is 32.2. The number of thioether (sulfide) groups is 1. The van der Waals surface area contributed by atoms with E-state index in [2.05, 4.69) is 0 Å². The Morgan fingerprint density at radius 1 is 1.31 bits per heavy atom. The van der Waals surface area contributed by atoms with Crippen LogP contribution < -0.4 is 9.64 Å². The number of carbonyl (C=O) groups is 1. The van der Waals surface area contributed by atoms with Crippen LogP contribution in [0.5, 0.6) is 11.5 Å². The topological polar surface area (TPSA) is 92.9 Å². The molecule has 0 radical (unpaired) electrons. The lowest BCUT2D eigenvalue weighted by Crippen LogP contribution is -2.27. The SMILES string of the molecule is COc1cc(/C=C2/SC(=S)N(c3ccccc3)C2=O)cc([N+](=O)[O-])c1O. The van der Waals surface area contributed by atoms with Gasteiger partial charge in [0, 0.05) is 6.07 Å². The van der Waals surface area contributed by atoms with Crippen LogP contribution >= 0.6 is 24.0 Å². The van der Waals surface area contributed by atoms with Gasteiger partial charge in [-0.1, -0.05) is 42.2 Å². The van der Waals surface area contributed by atoms with E-state index in [4.69, 9.17) is 17.0 Å². The number of thiocarbonyl (C=S) groups is 1. The molecule has 1 aliphatic rings. The molecule has 2 aromatic carbocycles. The predicted molar refractivity (Wildman–Crippen MR) is 103 cm³/mol. The fourth-order valence-electron chi connectivity index (χ4n) is 2.41. The Bertz CT molecular complexity index is 944. The average molecular weight is 388 g/mol. The van der Waals surface area contributed by atoms with Crippen molar-refractivity contribution in [2.75, 3.05) is 12.0 Å². The Balaban J connectivity index is 2.01. The second-order valence-corrected chi connectivity index (χ2v) is 6.88. The van der Waals surface area contributed by atoms with E-state index in [1.165, 1.54) is 30.2 Å². The minimum absolute atomic E-state index is 0.0519. The van der Waals surface area contributed by atoms with Crippen molar-refractivity contribution in [2.45, 2.75) is 0 Å². The number of anilines is 1. The first kappa shape index (κ1) is 17.9. The summed E-state index contributed by atoms with van der Waals surface area (Å²) in [6, 6.07) is 11.5. The van der Waals surface area contributed by atoms with E-state index in [1.807, 2.05) is 6.07 Å². The maximum absolute atomic E-state index is 12.7. The van der Waals surface area contributed by atoms with E-state index in [1.54, 1.807) is 24.3 Å². The second kappa shape index (κ2) is 7.14. The number of nitrogens with zero attached hydrogens (tertiary/aromatic N) is 2. The number of phenols is 1. The monoisotopic (exact) mass is 388 g/mol. The summed E-state index contributed by atoms with van der Waals surface area (Å²) >= 11 is 6.38. The van der Waals surface area contributed by atoms with Gasteiger partial charge in [-0.15, -0.1) is 0 Å². The lowest BCUT2D eigenvalue weighted by atomic mass is 10.1. The smallest absolute Gasteiger partial charge is 0.315 e. The Kier molecular flexibility index (Phi) is 4.92. The van der Waals surface area contributed by atoms with Crippen LogP contribution in [0.2, 0.25) is 0 Å². The zero-order valence-electron chi connectivity index (χ0n) is 13.4. The third-order valence-electron chi connectivity index (χ3n) is 3.60. The van der Waals surface area contributed by atoms with Crippen LogP contribution in [0.4, 0.5) is 11.4 Å². The number of benzene rings is 2. The van der Waals surface area contributed by atoms with Crippen LogP contribution in [-0.2, 0) is 4.79 Å². The number of aromatic hydroxyl groups is 1. The zero-order valence-corrected chi connectivity index (χ0v) is 15.0. The van der Waals surface area contributed by atoms with Crippen LogP contribution in [-0.4, -0.2) is 27.4 Å². The highest BCUT2D eigenvalue weighted by Gasteiger charge is 2.33. The molecule has 0 atom stereocenters. The van der Waals surface area contributed by atoms with Crippen LogP contribution in [0, 0.1) is 10.1 Å². The van der Waals surface area contributed by atoms with Crippen molar-refractivity contribution < 1.29 is 19.6 Å². The highest BCUT2D eigenvalue weighted by molar-refractivity contribution is 8.27. The minimum Gasteiger partial charge on any atom is -0.500 e. The molecule has 0 spiro atoms. The van der Waals surface area contributed by atoms with Gasteiger partial charge in [0.25, 0.3) is 5.91 Å². The van der Waals surface area contributed by atoms with E-state index in [0.717, 1.165) is 11.8 Å². The molecule has 1 aliphatic heterocycles. The van der Waals surface area contributed by atoms with E-state index >= 15 is 0 Å². The highest BCUT2D eigenvalue weighted by Crippen LogP contribution is 2.40. The summed E-state index contributed by atoms with van der Waals surface area (Å²) in [5.74, 6) is -0.934. The Hall–Kier alpha value is -2.91. The van der Waals surface area contributed by atoms with Gasteiger partial charge in [-0.2, -0.15) is 0 Å². The van der Waals surface area contributed by atoms with Gasteiger partial charge in [0.1, 0.15) is 0 Å². The summed E-state index contributed by atoms with van der Waals surface area (Å²) in [4.78, 5) is 24.8. The molecule has 9 heteroatoms. The largest absolute Gasteiger partial charge is 0.500 e. The molecular weight excluding hydrogens is 376 g/mol. The molecule has 0 saturated carbocycles. The first-order valence-corrected chi connectivity index (χ1v) is 8.53. The van der Waals surface area contributed by atoms with Crippen molar-refractivity contribution in [3.8, 4) is 11.5 Å². The summed E-state index contributed by atoms with van der Waals surface area (Å²) in [5, 5.41) is 20.9.